The van der Waals surface area contributed by atoms with Crippen LogP contribution < -0.4 is 19.7 Å². The number of hydrogen-bond donors (Lipinski definition) is 2. The number of nitrogens with one attached hydrogen (secondary N) is 2. The molecule has 9 heteroatoms. The smallest absolute Gasteiger partial charge is 0.241 e. The minimum Gasteiger partial charge on any atom is -0.497 e. The lowest BCUT2D eigenvalue weighted by Crippen LogP contribution is -2.44. The van der Waals surface area contributed by atoms with Gasteiger partial charge < -0.3 is 15.0 Å². The maximum absolute atomic E-state index is 12.4. The maximum Gasteiger partial charge on any atom is 0.241 e. The van der Waals surface area contributed by atoms with Crippen molar-refractivity contribution in [3.8, 4) is 5.75 Å². The predicted molar refractivity (Wildman–Crippen MR) is 103 cm³/mol. The monoisotopic (exact) mass is 392 g/mol. The molecule has 0 spiro atoms. The molecule has 146 valence electrons. The second-order valence-electron chi connectivity index (χ2n) is 6.16. The molecule has 8 nitrogen and oxygen atoms in total. The lowest BCUT2D eigenvalue weighted by Gasteiger charge is -2.15. The normalized spacial score (nSPS) is 12.3. The van der Waals surface area contributed by atoms with Crippen LogP contribution in [0.5, 0.6) is 5.75 Å². The number of nitrogens with zero attached hydrogens (tertiary/aromatic N) is 2. The molecule has 27 heavy (non-hydrogen) atoms. The first-order valence-corrected chi connectivity index (χ1v) is 9.77. The number of aromatic nitrogens is 1. The van der Waals surface area contributed by atoms with Crippen LogP contribution in [0.4, 0.5) is 5.82 Å². The summed E-state index contributed by atoms with van der Waals surface area (Å²) in [6, 6.07) is 8.71. The molecule has 2 rings (SSSR count). The van der Waals surface area contributed by atoms with Crippen molar-refractivity contribution in [2.75, 3.05) is 26.1 Å². The van der Waals surface area contributed by atoms with Crippen LogP contribution in [-0.2, 0) is 21.4 Å². The molecule has 0 saturated carbocycles. The van der Waals surface area contributed by atoms with Crippen LogP contribution in [0, 0.1) is 0 Å². The van der Waals surface area contributed by atoms with Gasteiger partial charge in [0.25, 0.3) is 0 Å². The Morgan fingerprint density at radius 2 is 1.85 bits per heavy atom. The number of hydrogen-bond acceptors (Lipinski definition) is 6. The van der Waals surface area contributed by atoms with Crippen LogP contribution in [0.15, 0.2) is 47.5 Å². The fourth-order valence-electron chi connectivity index (χ4n) is 2.24. The summed E-state index contributed by atoms with van der Waals surface area (Å²) in [4.78, 5) is 18.4. The maximum atomic E-state index is 12.4. The molecule has 2 aromatic rings. The number of sulfonamides is 1. The Kier molecular flexibility index (Phi) is 6.75. The Bertz CT molecular complexity index is 865. The Balaban J connectivity index is 1.93. The van der Waals surface area contributed by atoms with Crippen molar-refractivity contribution in [1.29, 1.82) is 0 Å². The summed E-state index contributed by atoms with van der Waals surface area (Å²) >= 11 is 0. The summed E-state index contributed by atoms with van der Waals surface area (Å²) in [5.74, 6) is 0.933. The van der Waals surface area contributed by atoms with E-state index in [0.717, 1.165) is 11.4 Å². The molecule has 1 aromatic heterocycles. The van der Waals surface area contributed by atoms with Crippen LogP contribution in [0.3, 0.4) is 0 Å². The number of pyridine rings is 1. The molecule has 0 unspecified atom stereocenters. The second-order valence-corrected chi connectivity index (χ2v) is 7.87. The highest BCUT2D eigenvalue weighted by molar-refractivity contribution is 7.89. The van der Waals surface area contributed by atoms with E-state index in [1.165, 1.54) is 26.2 Å². The molecule has 1 atom stereocenters. The number of methoxy groups -OCH3 is 1. The molecule has 0 bridgehead atoms. The fourth-order valence-corrected chi connectivity index (χ4v) is 3.44. The average molecular weight is 392 g/mol. The summed E-state index contributed by atoms with van der Waals surface area (Å²) in [6.07, 6.45) is 1.67. The number of anilines is 1. The average Bonchev–Trinajstić information content (AvgIpc) is 2.66. The molecule has 0 fully saturated rings. The third kappa shape index (κ3) is 5.66. The summed E-state index contributed by atoms with van der Waals surface area (Å²) in [6.45, 7) is 1.75. The zero-order valence-electron chi connectivity index (χ0n) is 15.8. The SMILES string of the molecule is COc1ccc(S(=O)(=O)N[C@@H](C)C(=O)NCc2ccc(N(C)C)nc2)cc1. The van der Waals surface area contributed by atoms with Crippen molar-refractivity contribution in [2.24, 2.45) is 0 Å². The van der Waals surface area contributed by atoms with Crippen molar-refractivity contribution in [3.63, 3.8) is 0 Å². The highest BCUT2D eigenvalue weighted by Gasteiger charge is 2.22. The quantitative estimate of drug-likeness (QED) is 0.699. The van der Waals surface area contributed by atoms with E-state index in [-0.39, 0.29) is 11.4 Å². The minimum absolute atomic E-state index is 0.0615. The zero-order chi connectivity index (χ0) is 20.0. The van der Waals surface area contributed by atoms with E-state index in [1.807, 2.05) is 31.1 Å². The fraction of sp³-hybridized carbons (Fsp3) is 0.333. The Morgan fingerprint density at radius 1 is 1.19 bits per heavy atom. The van der Waals surface area contributed by atoms with Gasteiger partial charge in [-0.1, -0.05) is 6.07 Å². The molecule has 1 heterocycles. The number of amides is 1. The summed E-state index contributed by atoms with van der Waals surface area (Å²) < 4.78 is 32.1. The van der Waals surface area contributed by atoms with Gasteiger partial charge in [-0.2, -0.15) is 4.72 Å². The highest BCUT2D eigenvalue weighted by atomic mass is 32.2. The molecule has 0 aliphatic heterocycles. The zero-order valence-corrected chi connectivity index (χ0v) is 16.6. The van der Waals surface area contributed by atoms with Crippen molar-refractivity contribution in [1.82, 2.24) is 15.0 Å². The number of benzene rings is 1. The van der Waals surface area contributed by atoms with E-state index >= 15 is 0 Å². The highest BCUT2D eigenvalue weighted by Crippen LogP contribution is 2.15. The molecular weight excluding hydrogens is 368 g/mol. The molecule has 0 radical (unpaired) electrons. The molecule has 1 amide bonds. The van der Waals surface area contributed by atoms with Crippen LogP contribution in [-0.4, -0.2) is 46.6 Å². The van der Waals surface area contributed by atoms with Gasteiger partial charge in [0.15, 0.2) is 0 Å². The van der Waals surface area contributed by atoms with Crippen LogP contribution in [0.25, 0.3) is 0 Å². The molecule has 0 saturated heterocycles. The number of ether oxygens (including phenoxy) is 1. The van der Waals surface area contributed by atoms with E-state index in [4.69, 9.17) is 4.74 Å². The van der Waals surface area contributed by atoms with Crippen molar-refractivity contribution >= 4 is 21.7 Å². The van der Waals surface area contributed by atoms with Gasteiger partial charge in [0.1, 0.15) is 11.6 Å². The number of carbonyl (C=O) groups excluding carboxylic acids is 1. The molecular formula is C18H24N4O4S. The topological polar surface area (TPSA) is 101 Å². The first kappa shape index (κ1) is 20.7. The van der Waals surface area contributed by atoms with E-state index < -0.39 is 22.0 Å². The van der Waals surface area contributed by atoms with Gasteiger partial charge in [-0.15, -0.1) is 0 Å². The summed E-state index contributed by atoms with van der Waals surface area (Å²) in [7, 11) is 1.46. The minimum atomic E-state index is -3.81. The molecule has 1 aromatic carbocycles. The lowest BCUT2D eigenvalue weighted by atomic mass is 10.2. The van der Waals surface area contributed by atoms with Gasteiger partial charge in [-0.05, 0) is 42.8 Å². The lowest BCUT2D eigenvalue weighted by molar-refractivity contribution is -0.122. The Labute approximate surface area is 159 Å². The standard InChI is InChI=1S/C18H24N4O4S/c1-13(21-27(24,25)16-8-6-15(26-4)7-9-16)18(23)20-12-14-5-10-17(19-11-14)22(2)3/h5-11,13,21H,12H2,1-4H3,(H,20,23)/t13-/m0/s1. The van der Waals surface area contributed by atoms with E-state index in [1.54, 1.807) is 18.3 Å². The van der Waals surface area contributed by atoms with Gasteiger partial charge in [0.05, 0.1) is 18.0 Å². The number of rotatable bonds is 8. The second kappa shape index (κ2) is 8.83. The van der Waals surface area contributed by atoms with Crippen molar-refractivity contribution in [2.45, 2.75) is 24.4 Å². The van der Waals surface area contributed by atoms with Gasteiger partial charge in [-0.3, -0.25) is 4.79 Å². The van der Waals surface area contributed by atoms with Gasteiger partial charge >= 0.3 is 0 Å². The third-order valence-electron chi connectivity index (χ3n) is 3.83. The van der Waals surface area contributed by atoms with Gasteiger partial charge in [-0.25, -0.2) is 13.4 Å². The summed E-state index contributed by atoms with van der Waals surface area (Å²) in [5.41, 5.74) is 0.819. The van der Waals surface area contributed by atoms with E-state index in [0.29, 0.717) is 5.75 Å². The Morgan fingerprint density at radius 3 is 2.37 bits per heavy atom. The van der Waals surface area contributed by atoms with Crippen LogP contribution in [0.1, 0.15) is 12.5 Å². The van der Waals surface area contributed by atoms with Crippen LogP contribution >= 0.6 is 0 Å². The van der Waals surface area contributed by atoms with Gasteiger partial charge in [0.2, 0.25) is 15.9 Å². The molecule has 0 aliphatic carbocycles. The largest absolute Gasteiger partial charge is 0.497 e. The summed E-state index contributed by atoms with van der Waals surface area (Å²) in [5, 5.41) is 2.70. The van der Waals surface area contributed by atoms with Gasteiger partial charge in [0, 0.05) is 26.8 Å². The van der Waals surface area contributed by atoms with E-state index in [2.05, 4.69) is 15.0 Å². The Hall–Kier alpha value is -2.65. The predicted octanol–water partition coefficient (Wildman–Crippen LogP) is 1.14. The molecule has 0 aliphatic rings. The van der Waals surface area contributed by atoms with Crippen molar-refractivity contribution in [3.05, 3.63) is 48.2 Å². The number of carbonyl (C=O) groups is 1. The first-order chi connectivity index (χ1) is 12.7. The third-order valence-corrected chi connectivity index (χ3v) is 5.39. The van der Waals surface area contributed by atoms with E-state index in [9.17, 15) is 13.2 Å². The first-order valence-electron chi connectivity index (χ1n) is 8.29. The molecule has 2 N–H and O–H groups in total. The van der Waals surface area contributed by atoms with Crippen LogP contribution in [0.2, 0.25) is 0 Å². The van der Waals surface area contributed by atoms with Crippen molar-refractivity contribution < 1.29 is 17.9 Å².